The standard InChI is InChI=1S/C12H15BrO2/c1-8(2)11(7-14)10-6-9(13)4-5-12(10)15-3/h4-8,11H,1-3H3. The first-order chi connectivity index (χ1) is 7.10. The molecule has 0 amide bonds. The minimum Gasteiger partial charge on any atom is -0.496 e. The van der Waals surface area contributed by atoms with Crippen LogP contribution in [0.1, 0.15) is 25.3 Å². The Hall–Kier alpha value is -0.830. The SMILES string of the molecule is COc1ccc(Br)cc1C(C=O)C(C)C. The number of carbonyl (C=O) groups is 1. The monoisotopic (exact) mass is 270 g/mol. The summed E-state index contributed by atoms with van der Waals surface area (Å²) in [7, 11) is 1.62. The van der Waals surface area contributed by atoms with Gasteiger partial charge in [-0.15, -0.1) is 0 Å². The number of rotatable bonds is 4. The highest BCUT2D eigenvalue weighted by atomic mass is 79.9. The summed E-state index contributed by atoms with van der Waals surface area (Å²) in [6.45, 7) is 4.05. The Bertz CT molecular complexity index is 347. The van der Waals surface area contributed by atoms with Crippen molar-refractivity contribution < 1.29 is 9.53 Å². The summed E-state index contributed by atoms with van der Waals surface area (Å²) in [6.07, 6.45) is 0.981. The van der Waals surface area contributed by atoms with Gasteiger partial charge in [0.25, 0.3) is 0 Å². The zero-order valence-electron chi connectivity index (χ0n) is 9.16. The third-order valence-corrected chi connectivity index (χ3v) is 2.91. The average Bonchev–Trinajstić information content (AvgIpc) is 2.18. The van der Waals surface area contributed by atoms with E-state index in [0.717, 1.165) is 22.1 Å². The molecule has 0 aliphatic carbocycles. The van der Waals surface area contributed by atoms with E-state index in [4.69, 9.17) is 4.74 Å². The largest absolute Gasteiger partial charge is 0.496 e. The van der Waals surface area contributed by atoms with Gasteiger partial charge in [0.2, 0.25) is 0 Å². The van der Waals surface area contributed by atoms with Crippen molar-refractivity contribution in [3.63, 3.8) is 0 Å². The lowest BCUT2D eigenvalue weighted by Gasteiger charge is -2.18. The van der Waals surface area contributed by atoms with E-state index in [1.54, 1.807) is 7.11 Å². The molecule has 15 heavy (non-hydrogen) atoms. The maximum Gasteiger partial charge on any atom is 0.127 e. The van der Waals surface area contributed by atoms with Gasteiger partial charge in [0.05, 0.1) is 7.11 Å². The molecular weight excluding hydrogens is 256 g/mol. The second kappa shape index (κ2) is 5.31. The summed E-state index contributed by atoms with van der Waals surface area (Å²) in [4.78, 5) is 11.1. The maximum atomic E-state index is 11.1. The molecule has 0 aromatic heterocycles. The van der Waals surface area contributed by atoms with E-state index in [-0.39, 0.29) is 11.8 Å². The Balaban J connectivity index is 3.19. The molecule has 0 saturated heterocycles. The molecule has 1 aromatic carbocycles. The Kier molecular flexibility index (Phi) is 4.33. The molecule has 1 unspecified atom stereocenters. The van der Waals surface area contributed by atoms with Crippen LogP contribution < -0.4 is 4.74 Å². The second-order valence-corrected chi connectivity index (χ2v) is 4.71. The smallest absolute Gasteiger partial charge is 0.127 e. The van der Waals surface area contributed by atoms with Crippen molar-refractivity contribution in [2.45, 2.75) is 19.8 Å². The maximum absolute atomic E-state index is 11.1. The number of halogens is 1. The molecule has 0 bridgehead atoms. The summed E-state index contributed by atoms with van der Waals surface area (Å²) >= 11 is 3.40. The lowest BCUT2D eigenvalue weighted by Crippen LogP contribution is -2.09. The minimum absolute atomic E-state index is 0.113. The van der Waals surface area contributed by atoms with Crippen LogP contribution in [0.2, 0.25) is 0 Å². The van der Waals surface area contributed by atoms with Gasteiger partial charge in [-0.05, 0) is 24.1 Å². The number of aldehydes is 1. The molecule has 0 fully saturated rings. The molecular formula is C12H15BrO2. The summed E-state index contributed by atoms with van der Waals surface area (Å²) in [5.41, 5.74) is 0.942. The molecule has 1 atom stereocenters. The summed E-state index contributed by atoms with van der Waals surface area (Å²) < 4.78 is 6.22. The van der Waals surface area contributed by atoms with Crippen molar-refractivity contribution in [1.82, 2.24) is 0 Å². The van der Waals surface area contributed by atoms with E-state index in [1.165, 1.54) is 0 Å². The van der Waals surface area contributed by atoms with Crippen LogP contribution in [0.25, 0.3) is 0 Å². The summed E-state index contributed by atoms with van der Waals surface area (Å²) in [6, 6.07) is 5.72. The predicted molar refractivity (Wildman–Crippen MR) is 64.3 cm³/mol. The Labute approximate surface area is 98.8 Å². The fourth-order valence-electron chi connectivity index (χ4n) is 1.56. The zero-order chi connectivity index (χ0) is 11.4. The van der Waals surface area contributed by atoms with Crippen LogP contribution in [0.5, 0.6) is 5.75 Å². The lowest BCUT2D eigenvalue weighted by molar-refractivity contribution is -0.109. The van der Waals surface area contributed by atoms with Crippen LogP contribution in [0.15, 0.2) is 22.7 Å². The first kappa shape index (κ1) is 12.2. The molecule has 1 aromatic rings. The van der Waals surface area contributed by atoms with Crippen molar-refractivity contribution in [3.05, 3.63) is 28.2 Å². The van der Waals surface area contributed by atoms with E-state index in [0.29, 0.717) is 0 Å². The first-order valence-electron chi connectivity index (χ1n) is 4.89. The van der Waals surface area contributed by atoms with Gasteiger partial charge in [0.15, 0.2) is 0 Å². The van der Waals surface area contributed by atoms with Crippen molar-refractivity contribution in [2.24, 2.45) is 5.92 Å². The molecule has 0 aliphatic heterocycles. The predicted octanol–water partition coefficient (Wildman–Crippen LogP) is 3.40. The molecule has 2 nitrogen and oxygen atoms in total. The first-order valence-corrected chi connectivity index (χ1v) is 5.68. The van der Waals surface area contributed by atoms with E-state index >= 15 is 0 Å². The van der Waals surface area contributed by atoms with E-state index in [2.05, 4.69) is 15.9 Å². The van der Waals surface area contributed by atoms with Gasteiger partial charge >= 0.3 is 0 Å². The van der Waals surface area contributed by atoms with Gasteiger partial charge in [0, 0.05) is 16.0 Å². The van der Waals surface area contributed by atoms with Gasteiger partial charge in [-0.1, -0.05) is 29.8 Å². The van der Waals surface area contributed by atoms with Crippen LogP contribution in [-0.4, -0.2) is 13.4 Å². The molecule has 0 spiro atoms. The highest BCUT2D eigenvalue weighted by Gasteiger charge is 2.19. The number of carbonyl (C=O) groups excluding carboxylic acids is 1. The highest BCUT2D eigenvalue weighted by Crippen LogP contribution is 2.32. The summed E-state index contributed by atoms with van der Waals surface area (Å²) in [5, 5.41) is 0. The number of benzene rings is 1. The highest BCUT2D eigenvalue weighted by molar-refractivity contribution is 9.10. The van der Waals surface area contributed by atoms with Crippen LogP contribution in [-0.2, 0) is 4.79 Å². The molecule has 0 aliphatic rings. The van der Waals surface area contributed by atoms with Crippen LogP contribution >= 0.6 is 15.9 Å². The molecule has 0 N–H and O–H groups in total. The topological polar surface area (TPSA) is 26.3 Å². The summed E-state index contributed by atoms with van der Waals surface area (Å²) in [5.74, 6) is 0.923. The van der Waals surface area contributed by atoms with Crippen LogP contribution in [0, 0.1) is 5.92 Å². The van der Waals surface area contributed by atoms with Gasteiger partial charge in [-0.25, -0.2) is 0 Å². The Morgan fingerprint density at radius 3 is 2.53 bits per heavy atom. The normalized spacial score (nSPS) is 12.6. The van der Waals surface area contributed by atoms with Gasteiger partial charge < -0.3 is 9.53 Å². The quantitative estimate of drug-likeness (QED) is 0.784. The van der Waals surface area contributed by atoms with Crippen molar-refractivity contribution >= 4 is 22.2 Å². The zero-order valence-corrected chi connectivity index (χ0v) is 10.7. The molecule has 3 heteroatoms. The van der Waals surface area contributed by atoms with E-state index in [1.807, 2.05) is 32.0 Å². The van der Waals surface area contributed by atoms with Gasteiger partial charge in [0.1, 0.15) is 12.0 Å². The number of methoxy groups -OCH3 is 1. The van der Waals surface area contributed by atoms with E-state index < -0.39 is 0 Å². The fourth-order valence-corrected chi connectivity index (χ4v) is 1.93. The Morgan fingerprint density at radius 1 is 1.40 bits per heavy atom. The Morgan fingerprint density at radius 2 is 2.07 bits per heavy atom. The third-order valence-electron chi connectivity index (χ3n) is 2.42. The van der Waals surface area contributed by atoms with Crippen LogP contribution in [0.3, 0.4) is 0 Å². The molecule has 1 rings (SSSR count). The molecule has 0 radical (unpaired) electrons. The average molecular weight is 271 g/mol. The third kappa shape index (κ3) is 2.81. The fraction of sp³-hybridized carbons (Fsp3) is 0.417. The minimum atomic E-state index is -0.113. The molecule has 82 valence electrons. The molecule has 0 saturated carbocycles. The van der Waals surface area contributed by atoms with Crippen molar-refractivity contribution in [3.8, 4) is 5.75 Å². The van der Waals surface area contributed by atoms with Crippen molar-refractivity contribution in [1.29, 1.82) is 0 Å². The van der Waals surface area contributed by atoms with Gasteiger partial charge in [-0.2, -0.15) is 0 Å². The lowest BCUT2D eigenvalue weighted by atomic mass is 9.89. The van der Waals surface area contributed by atoms with Crippen molar-refractivity contribution in [2.75, 3.05) is 7.11 Å². The number of ether oxygens (including phenoxy) is 1. The van der Waals surface area contributed by atoms with Gasteiger partial charge in [-0.3, -0.25) is 0 Å². The molecule has 0 heterocycles. The van der Waals surface area contributed by atoms with Crippen LogP contribution in [0.4, 0.5) is 0 Å². The number of hydrogen-bond acceptors (Lipinski definition) is 2. The second-order valence-electron chi connectivity index (χ2n) is 3.79. The van der Waals surface area contributed by atoms with E-state index in [9.17, 15) is 4.79 Å². The number of hydrogen-bond donors (Lipinski definition) is 0.